The average molecular weight is 217 g/mol. The Kier molecular flexibility index (Phi) is 2.54. The van der Waals surface area contributed by atoms with Gasteiger partial charge in [-0.05, 0) is 31.5 Å². The number of hydrogen-bond donors (Lipinski definition) is 1. The number of hydrogen-bond acceptors (Lipinski definition) is 3. The molecule has 84 valence electrons. The van der Waals surface area contributed by atoms with Crippen molar-refractivity contribution in [1.29, 1.82) is 0 Å². The monoisotopic (exact) mass is 217 g/mol. The average Bonchev–Trinajstić information content (AvgIpc) is 2.97. The second kappa shape index (κ2) is 4.18. The number of rotatable bonds is 3. The summed E-state index contributed by atoms with van der Waals surface area (Å²) in [5.41, 5.74) is 0.848. The minimum Gasteiger partial charge on any atom is -0.488 e. The molecule has 1 unspecified atom stereocenters. The van der Waals surface area contributed by atoms with Crippen LogP contribution in [0.1, 0.15) is 12.8 Å². The first-order valence-corrected chi connectivity index (χ1v) is 5.76. The SMILES string of the molecule is c1cc(OCC2CCCN2)c2occc2c1. The van der Waals surface area contributed by atoms with E-state index in [-0.39, 0.29) is 0 Å². The molecule has 0 spiro atoms. The summed E-state index contributed by atoms with van der Waals surface area (Å²) in [4.78, 5) is 0. The fourth-order valence-corrected chi connectivity index (χ4v) is 2.17. The number of fused-ring (bicyclic) bond motifs is 1. The van der Waals surface area contributed by atoms with Crippen LogP contribution in [-0.4, -0.2) is 19.2 Å². The van der Waals surface area contributed by atoms with E-state index in [0.29, 0.717) is 6.04 Å². The molecule has 3 nitrogen and oxygen atoms in total. The van der Waals surface area contributed by atoms with E-state index in [2.05, 4.69) is 5.32 Å². The van der Waals surface area contributed by atoms with Gasteiger partial charge in [0.15, 0.2) is 11.3 Å². The molecule has 0 saturated carbocycles. The molecule has 16 heavy (non-hydrogen) atoms. The summed E-state index contributed by atoms with van der Waals surface area (Å²) in [7, 11) is 0. The molecule has 1 aliphatic heterocycles. The van der Waals surface area contributed by atoms with Gasteiger partial charge in [-0.25, -0.2) is 0 Å². The lowest BCUT2D eigenvalue weighted by atomic mass is 10.2. The number of nitrogens with one attached hydrogen (secondary N) is 1. The third-order valence-corrected chi connectivity index (χ3v) is 3.05. The van der Waals surface area contributed by atoms with Crippen molar-refractivity contribution in [2.75, 3.05) is 13.2 Å². The van der Waals surface area contributed by atoms with Crippen molar-refractivity contribution in [1.82, 2.24) is 5.32 Å². The first kappa shape index (κ1) is 9.73. The molecule has 1 fully saturated rings. The molecular formula is C13H15NO2. The van der Waals surface area contributed by atoms with E-state index in [1.165, 1.54) is 12.8 Å². The van der Waals surface area contributed by atoms with E-state index >= 15 is 0 Å². The summed E-state index contributed by atoms with van der Waals surface area (Å²) in [6, 6.07) is 8.43. The van der Waals surface area contributed by atoms with E-state index in [1.807, 2.05) is 24.3 Å². The third-order valence-electron chi connectivity index (χ3n) is 3.05. The third kappa shape index (κ3) is 1.78. The van der Waals surface area contributed by atoms with Gasteiger partial charge >= 0.3 is 0 Å². The standard InChI is InChI=1S/C13H15NO2/c1-3-10-6-8-15-13(10)12(5-1)16-9-11-4-2-7-14-11/h1,3,5-6,8,11,14H,2,4,7,9H2. The maximum absolute atomic E-state index is 5.81. The lowest BCUT2D eigenvalue weighted by molar-refractivity contribution is 0.277. The molecule has 2 heterocycles. The molecule has 1 aliphatic rings. The smallest absolute Gasteiger partial charge is 0.175 e. The summed E-state index contributed by atoms with van der Waals surface area (Å²) < 4.78 is 11.2. The summed E-state index contributed by atoms with van der Waals surface area (Å²) in [6.07, 6.45) is 4.15. The van der Waals surface area contributed by atoms with Gasteiger partial charge in [-0.1, -0.05) is 12.1 Å². The van der Waals surface area contributed by atoms with E-state index < -0.39 is 0 Å². The number of ether oxygens (including phenoxy) is 1. The fourth-order valence-electron chi connectivity index (χ4n) is 2.17. The van der Waals surface area contributed by atoms with Gasteiger partial charge in [0.25, 0.3) is 0 Å². The Morgan fingerprint density at radius 3 is 3.25 bits per heavy atom. The van der Waals surface area contributed by atoms with Crippen LogP contribution in [0.15, 0.2) is 34.9 Å². The molecule has 0 radical (unpaired) electrons. The molecule has 1 aromatic carbocycles. The predicted octanol–water partition coefficient (Wildman–Crippen LogP) is 2.56. The molecule has 2 aromatic rings. The highest BCUT2D eigenvalue weighted by molar-refractivity contribution is 5.82. The van der Waals surface area contributed by atoms with Crippen LogP contribution >= 0.6 is 0 Å². The minimum atomic E-state index is 0.491. The fraction of sp³-hybridized carbons (Fsp3) is 0.385. The van der Waals surface area contributed by atoms with Crippen LogP contribution in [0.2, 0.25) is 0 Å². The van der Waals surface area contributed by atoms with Gasteiger partial charge in [0, 0.05) is 11.4 Å². The van der Waals surface area contributed by atoms with Crippen LogP contribution in [0.25, 0.3) is 11.0 Å². The van der Waals surface area contributed by atoms with Crippen LogP contribution in [-0.2, 0) is 0 Å². The molecule has 1 N–H and O–H groups in total. The topological polar surface area (TPSA) is 34.4 Å². The van der Waals surface area contributed by atoms with Gasteiger partial charge in [-0.2, -0.15) is 0 Å². The summed E-state index contributed by atoms with van der Waals surface area (Å²) in [5.74, 6) is 0.844. The quantitative estimate of drug-likeness (QED) is 0.858. The Balaban J connectivity index is 1.75. The number of para-hydroxylation sites is 1. The molecule has 0 aliphatic carbocycles. The van der Waals surface area contributed by atoms with Crippen LogP contribution in [0.5, 0.6) is 5.75 Å². The zero-order valence-corrected chi connectivity index (χ0v) is 9.11. The Morgan fingerprint density at radius 1 is 1.38 bits per heavy atom. The Hall–Kier alpha value is -1.48. The summed E-state index contributed by atoms with van der Waals surface area (Å²) in [5, 5.41) is 4.51. The normalized spacial score (nSPS) is 20.4. The van der Waals surface area contributed by atoms with E-state index in [4.69, 9.17) is 9.15 Å². The molecule has 3 heteroatoms. The molecule has 1 atom stereocenters. The summed E-state index contributed by atoms with van der Waals surface area (Å²) in [6.45, 7) is 1.83. The van der Waals surface area contributed by atoms with Crippen molar-refractivity contribution in [2.45, 2.75) is 18.9 Å². The van der Waals surface area contributed by atoms with E-state index in [1.54, 1.807) is 6.26 Å². The van der Waals surface area contributed by atoms with Gasteiger partial charge in [0.05, 0.1) is 6.26 Å². The Morgan fingerprint density at radius 2 is 2.38 bits per heavy atom. The highest BCUT2D eigenvalue weighted by Crippen LogP contribution is 2.26. The lowest BCUT2D eigenvalue weighted by Gasteiger charge is -2.12. The largest absolute Gasteiger partial charge is 0.488 e. The highest BCUT2D eigenvalue weighted by Gasteiger charge is 2.15. The van der Waals surface area contributed by atoms with Crippen molar-refractivity contribution in [3.63, 3.8) is 0 Å². The summed E-state index contributed by atoms with van der Waals surface area (Å²) >= 11 is 0. The molecule has 0 amide bonds. The molecule has 1 saturated heterocycles. The van der Waals surface area contributed by atoms with Gasteiger partial charge in [0.1, 0.15) is 6.61 Å². The molecule has 1 aromatic heterocycles. The van der Waals surface area contributed by atoms with Crippen molar-refractivity contribution in [3.05, 3.63) is 30.5 Å². The predicted molar refractivity (Wildman–Crippen MR) is 62.7 cm³/mol. The van der Waals surface area contributed by atoms with Crippen molar-refractivity contribution in [2.24, 2.45) is 0 Å². The first-order valence-electron chi connectivity index (χ1n) is 5.76. The molecule has 0 bridgehead atoms. The van der Waals surface area contributed by atoms with Crippen LogP contribution in [0, 0.1) is 0 Å². The Bertz CT molecular complexity index is 471. The minimum absolute atomic E-state index is 0.491. The van der Waals surface area contributed by atoms with Crippen molar-refractivity contribution in [3.8, 4) is 5.75 Å². The second-order valence-corrected chi connectivity index (χ2v) is 4.20. The number of benzene rings is 1. The molecular weight excluding hydrogens is 202 g/mol. The van der Waals surface area contributed by atoms with Gasteiger partial charge in [-0.15, -0.1) is 0 Å². The van der Waals surface area contributed by atoms with Crippen LogP contribution in [0.3, 0.4) is 0 Å². The second-order valence-electron chi connectivity index (χ2n) is 4.20. The van der Waals surface area contributed by atoms with Gasteiger partial charge in [0.2, 0.25) is 0 Å². The van der Waals surface area contributed by atoms with Crippen molar-refractivity contribution < 1.29 is 9.15 Å². The van der Waals surface area contributed by atoms with Gasteiger partial charge in [-0.3, -0.25) is 0 Å². The zero-order chi connectivity index (χ0) is 10.8. The lowest BCUT2D eigenvalue weighted by Crippen LogP contribution is -2.28. The highest BCUT2D eigenvalue weighted by atomic mass is 16.5. The maximum Gasteiger partial charge on any atom is 0.175 e. The molecule has 3 rings (SSSR count). The van der Waals surface area contributed by atoms with E-state index in [9.17, 15) is 0 Å². The van der Waals surface area contributed by atoms with Crippen LogP contribution in [0.4, 0.5) is 0 Å². The Labute approximate surface area is 94.4 Å². The first-order chi connectivity index (χ1) is 7.93. The van der Waals surface area contributed by atoms with E-state index in [0.717, 1.165) is 29.9 Å². The zero-order valence-electron chi connectivity index (χ0n) is 9.11. The maximum atomic E-state index is 5.81. The number of furan rings is 1. The van der Waals surface area contributed by atoms with Crippen LogP contribution < -0.4 is 10.1 Å². The van der Waals surface area contributed by atoms with Gasteiger partial charge < -0.3 is 14.5 Å². The van der Waals surface area contributed by atoms with Crippen molar-refractivity contribution >= 4 is 11.0 Å².